The molecule has 4 rings (SSSR count). The second-order valence-corrected chi connectivity index (χ2v) is 8.71. The van der Waals surface area contributed by atoms with E-state index in [-0.39, 0.29) is 11.7 Å². The zero-order valence-electron chi connectivity index (χ0n) is 17.7. The number of anilines is 1. The van der Waals surface area contributed by atoms with Crippen molar-refractivity contribution in [2.75, 3.05) is 5.32 Å². The molecule has 4 aromatic rings. The first-order chi connectivity index (χ1) is 15.9. The third-order valence-corrected chi connectivity index (χ3v) is 5.89. The van der Waals surface area contributed by atoms with Crippen LogP contribution in [0.4, 0.5) is 5.82 Å². The average Bonchev–Trinajstić information content (AvgIpc) is 3.14. The Balaban J connectivity index is 1.38. The van der Waals surface area contributed by atoms with E-state index in [0.29, 0.717) is 39.5 Å². The second-order valence-electron chi connectivity index (χ2n) is 7.49. The molecule has 0 fully saturated rings. The van der Waals surface area contributed by atoms with Crippen LogP contribution in [0.25, 0.3) is 0 Å². The topological polar surface area (TPSA) is 56.1 Å². The number of hydrogen-bond donors (Lipinski definition) is 1. The summed E-state index contributed by atoms with van der Waals surface area (Å²) < 4.78 is 7.44. The maximum absolute atomic E-state index is 12.7. The number of amides is 1. The molecule has 0 atom stereocenters. The number of nitrogens with one attached hydrogen (secondary N) is 1. The van der Waals surface area contributed by atoms with E-state index in [2.05, 4.69) is 10.4 Å². The zero-order chi connectivity index (χ0) is 23.4. The van der Waals surface area contributed by atoms with Crippen LogP contribution < -0.4 is 10.1 Å². The fraction of sp³-hybridized carbons (Fsp3) is 0.120. The number of rotatable bonds is 7. The smallest absolute Gasteiger partial charge is 0.256 e. The molecule has 0 unspecified atom stereocenters. The number of benzene rings is 3. The van der Waals surface area contributed by atoms with Gasteiger partial charge in [-0.1, -0.05) is 71.2 Å². The van der Waals surface area contributed by atoms with E-state index in [4.69, 9.17) is 39.5 Å². The number of hydrogen-bond acceptors (Lipinski definition) is 3. The van der Waals surface area contributed by atoms with E-state index in [1.54, 1.807) is 29.1 Å². The predicted molar refractivity (Wildman–Crippen MR) is 133 cm³/mol. The Bertz CT molecular complexity index is 1290. The minimum absolute atomic E-state index is 0.287. The fourth-order valence-corrected chi connectivity index (χ4v) is 3.74. The Morgan fingerprint density at radius 3 is 2.48 bits per heavy atom. The number of aryl methyl sites for hydroxylation is 1. The van der Waals surface area contributed by atoms with Crippen molar-refractivity contribution in [1.29, 1.82) is 0 Å². The van der Waals surface area contributed by atoms with Gasteiger partial charge in [-0.25, -0.2) is 0 Å². The third-order valence-electron chi connectivity index (χ3n) is 4.94. The Labute approximate surface area is 206 Å². The number of aromatic nitrogens is 2. The van der Waals surface area contributed by atoms with Gasteiger partial charge >= 0.3 is 0 Å². The van der Waals surface area contributed by atoms with Gasteiger partial charge in [-0.05, 0) is 53.9 Å². The highest BCUT2D eigenvalue weighted by molar-refractivity contribution is 6.33. The van der Waals surface area contributed by atoms with Gasteiger partial charge in [0.2, 0.25) is 0 Å². The molecule has 0 bridgehead atoms. The van der Waals surface area contributed by atoms with Crippen LogP contribution in [-0.2, 0) is 13.2 Å². The van der Waals surface area contributed by atoms with Crippen molar-refractivity contribution in [2.24, 2.45) is 0 Å². The van der Waals surface area contributed by atoms with Crippen LogP contribution in [0.1, 0.15) is 27.0 Å². The Morgan fingerprint density at radius 2 is 1.73 bits per heavy atom. The largest absolute Gasteiger partial charge is 0.487 e. The molecule has 1 aromatic heterocycles. The summed E-state index contributed by atoms with van der Waals surface area (Å²) in [6.45, 7) is 2.75. The van der Waals surface area contributed by atoms with Crippen molar-refractivity contribution in [1.82, 2.24) is 9.78 Å². The van der Waals surface area contributed by atoms with Crippen molar-refractivity contribution in [3.63, 3.8) is 0 Å². The standard InChI is InChI=1S/C25H20Cl3N3O2/c1-16-6-11-21(27)23(12-16)33-15-17-7-9-18(10-8-17)25(32)29-24-22(28)14-31(30-24)13-19-4-2-3-5-20(19)26/h2-12,14H,13,15H2,1H3,(H,29,30,32). The van der Waals surface area contributed by atoms with Crippen LogP contribution in [-0.4, -0.2) is 15.7 Å². The van der Waals surface area contributed by atoms with Crippen LogP contribution >= 0.6 is 34.8 Å². The monoisotopic (exact) mass is 499 g/mol. The van der Waals surface area contributed by atoms with Gasteiger partial charge < -0.3 is 10.1 Å². The molecule has 168 valence electrons. The van der Waals surface area contributed by atoms with E-state index in [1.807, 2.05) is 55.5 Å². The van der Waals surface area contributed by atoms with E-state index >= 15 is 0 Å². The molecule has 1 N–H and O–H groups in total. The summed E-state index contributed by atoms with van der Waals surface area (Å²) in [6, 6.07) is 20.2. The summed E-state index contributed by atoms with van der Waals surface area (Å²) in [7, 11) is 0. The lowest BCUT2D eigenvalue weighted by atomic mass is 10.1. The molecule has 0 aliphatic rings. The van der Waals surface area contributed by atoms with Crippen LogP contribution in [0.5, 0.6) is 5.75 Å². The van der Waals surface area contributed by atoms with Crippen LogP contribution in [0.15, 0.2) is 72.9 Å². The maximum atomic E-state index is 12.7. The second kappa shape index (κ2) is 10.3. The number of ether oxygens (including phenoxy) is 1. The normalized spacial score (nSPS) is 10.8. The first-order valence-corrected chi connectivity index (χ1v) is 11.3. The van der Waals surface area contributed by atoms with Gasteiger partial charge in [0.15, 0.2) is 5.82 Å². The fourth-order valence-electron chi connectivity index (χ4n) is 3.18. The highest BCUT2D eigenvalue weighted by Crippen LogP contribution is 2.26. The van der Waals surface area contributed by atoms with Crippen molar-refractivity contribution in [2.45, 2.75) is 20.1 Å². The predicted octanol–water partition coefficient (Wildman–Crippen LogP) is 7.03. The van der Waals surface area contributed by atoms with Crippen molar-refractivity contribution < 1.29 is 9.53 Å². The highest BCUT2D eigenvalue weighted by Gasteiger charge is 2.13. The number of nitrogens with zero attached hydrogens (tertiary/aromatic N) is 2. The maximum Gasteiger partial charge on any atom is 0.256 e. The number of carbonyl (C=O) groups is 1. The average molecular weight is 501 g/mol. The molecule has 0 saturated heterocycles. The molecule has 8 heteroatoms. The lowest BCUT2D eigenvalue weighted by molar-refractivity contribution is 0.102. The van der Waals surface area contributed by atoms with E-state index in [0.717, 1.165) is 16.7 Å². The number of carbonyl (C=O) groups excluding carboxylic acids is 1. The summed E-state index contributed by atoms with van der Waals surface area (Å²) in [4.78, 5) is 12.7. The lowest BCUT2D eigenvalue weighted by Crippen LogP contribution is -2.13. The summed E-state index contributed by atoms with van der Waals surface area (Å²) in [6.07, 6.45) is 1.65. The van der Waals surface area contributed by atoms with E-state index in [9.17, 15) is 4.79 Å². The van der Waals surface area contributed by atoms with Gasteiger partial charge in [0.25, 0.3) is 5.91 Å². The van der Waals surface area contributed by atoms with Gasteiger partial charge in [-0.2, -0.15) is 5.10 Å². The van der Waals surface area contributed by atoms with Crippen LogP contribution in [0, 0.1) is 6.92 Å². The summed E-state index contributed by atoms with van der Waals surface area (Å²) in [5.41, 5.74) is 3.35. The van der Waals surface area contributed by atoms with Crippen molar-refractivity contribution >= 4 is 46.5 Å². The Hall–Kier alpha value is -2.99. The lowest BCUT2D eigenvalue weighted by Gasteiger charge is -2.09. The van der Waals surface area contributed by atoms with Crippen LogP contribution in [0.3, 0.4) is 0 Å². The van der Waals surface area contributed by atoms with Gasteiger partial charge in [0, 0.05) is 16.8 Å². The van der Waals surface area contributed by atoms with Gasteiger partial charge in [-0.3, -0.25) is 9.48 Å². The zero-order valence-corrected chi connectivity index (χ0v) is 20.0. The first kappa shape index (κ1) is 23.2. The molecule has 33 heavy (non-hydrogen) atoms. The SMILES string of the molecule is Cc1ccc(Cl)c(OCc2ccc(C(=O)Nc3nn(Cc4ccccc4Cl)cc3Cl)cc2)c1. The molecule has 1 heterocycles. The first-order valence-electron chi connectivity index (χ1n) is 10.1. The molecular weight excluding hydrogens is 481 g/mol. The molecule has 1 amide bonds. The Kier molecular flexibility index (Phi) is 7.23. The third kappa shape index (κ3) is 5.88. The van der Waals surface area contributed by atoms with Crippen LogP contribution in [0.2, 0.25) is 15.1 Å². The molecule has 0 saturated carbocycles. The minimum Gasteiger partial charge on any atom is -0.487 e. The molecule has 3 aromatic carbocycles. The Morgan fingerprint density at radius 1 is 0.970 bits per heavy atom. The summed E-state index contributed by atoms with van der Waals surface area (Å²) in [5.74, 6) is 0.602. The summed E-state index contributed by atoms with van der Waals surface area (Å²) >= 11 is 18.7. The minimum atomic E-state index is -0.311. The highest BCUT2D eigenvalue weighted by atomic mass is 35.5. The molecule has 0 spiro atoms. The molecule has 0 aliphatic carbocycles. The van der Waals surface area contributed by atoms with E-state index in [1.165, 1.54) is 0 Å². The molecule has 0 aliphatic heterocycles. The van der Waals surface area contributed by atoms with Gasteiger partial charge in [-0.15, -0.1) is 0 Å². The van der Waals surface area contributed by atoms with Gasteiger partial charge in [0.05, 0.1) is 11.6 Å². The number of halogens is 3. The van der Waals surface area contributed by atoms with Gasteiger partial charge in [0.1, 0.15) is 17.4 Å². The molecule has 5 nitrogen and oxygen atoms in total. The quantitative estimate of drug-likeness (QED) is 0.296. The summed E-state index contributed by atoms with van der Waals surface area (Å²) in [5, 5.41) is 8.67. The van der Waals surface area contributed by atoms with E-state index < -0.39 is 0 Å². The van der Waals surface area contributed by atoms with Crippen molar-refractivity contribution in [3.8, 4) is 5.75 Å². The molecule has 0 radical (unpaired) electrons. The molecular formula is C25H20Cl3N3O2. The van der Waals surface area contributed by atoms with Crippen molar-refractivity contribution in [3.05, 3.63) is 110 Å².